The van der Waals surface area contributed by atoms with Crippen LogP contribution in [0.4, 0.5) is 5.82 Å². The molecule has 1 aromatic heterocycles. The number of pyridine rings is 1. The van der Waals surface area contributed by atoms with Crippen LogP contribution in [0.3, 0.4) is 0 Å². The van der Waals surface area contributed by atoms with Crippen molar-refractivity contribution in [2.45, 2.75) is 6.42 Å². The molecule has 4 nitrogen and oxygen atoms in total. The Bertz CT molecular complexity index is 396. The molecule has 1 heterocycles. The van der Waals surface area contributed by atoms with Crippen molar-refractivity contribution >= 4 is 11.8 Å². The summed E-state index contributed by atoms with van der Waals surface area (Å²) in [6, 6.07) is 4.88. The number of hydrogen-bond acceptors (Lipinski definition) is 3. The van der Waals surface area contributed by atoms with Crippen LogP contribution in [0.25, 0.3) is 0 Å². The van der Waals surface area contributed by atoms with Crippen LogP contribution in [0.2, 0.25) is 0 Å². The quantitative estimate of drug-likeness (QED) is 0.750. The van der Waals surface area contributed by atoms with E-state index in [0.717, 1.165) is 0 Å². The molecule has 15 heavy (non-hydrogen) atoms. The van der Waals surface area contributed by atoms with Crippen LogP contribution in [0.15, 0.2) is 18.2 Å². The van der Waals surface area contributed by atoms with Gasteiger partial charge < -0.3 is 10.0 Å². The SMILES string of the molecule is C#CCCN(C)c1cccc(C(=O)O)n1. The zero-order valence-corrected chi connectivity index (χ0v) is 8.47. The fraction of sp³-hybridized carbons (Fsp3) is 0.273. The molecule has 0 radical (unpaired) electrons. The maximum atomic E-state index is 10.7. The summed E-state index contributed by atoms with van der Waals surface area (Å²) in [4.78, 5) is 16.5. The largest absolute Gasteiger partial charge is 0.477 e. The van der Waals surface area contributed by atoms with Crippen molar-refractivity contribution in [1.29, 1.82) is 0 Å². The van der Waals surface area contributed by atoms with Crippen LogP contribution in [0.1, 0.15) is 16.9 Å². The van der Waals surface area contributed by atoms with E-state index < -0.39 is 5.97 Å². The van der Waals surface area contributed by atoms with E-state index >= 15 is 0 Å². The van der Waals surface area contributed by atoms with E-state index in [9.17, 15) is 4.79 Å². The molecule has 1 aromatic rings. The molecular weight excluding hydrogens is 192 g/mol. The summed E-state index contributed by atoms with van der Waals surface area (Å²) in [6.45, 7) is 0.659. The number of anilines is 1. The average molecular weight is 204 g/mol. The summed E-state index contributed by atoms with van der Waals surface area (Å²) >= 11 is 0. The molecule has 0 unspecified atom stereocenters. The molecule has 0 atom stereocenters. The molecule has 0 spiro atoms. The van der Waals surface area contributed by atoms with E-state index in [4.69, 9.17) is 11.5 Å². The summed E-state index contributed by atoms with van der Waals surface area (Å²) in [5, 5.41) is 8.75. The Morgan fingerprint density at radius 3 is 3.00 bits per heavy atom. The van der Waals surface area contributed by atoms with Crippen LogP contribution < -0.4 is 4.90 Å². The number of hydrogen-bond donors (Lipinski definition) is 1. The highest BCUT2D eigenvalue weighted by molar-refractivity contribution is 5.85. The fourth-order valence-corrected chi connectivity index (χ4v) is 1.10. The predicted molar refractivity (Wildman–Crippen MR) is 57.9 cm³/mol. The van der Waals surface area contributed by atoms with Crippen LogP contribution in [-0.2, 0) is 0 Å². The summed E-state index contributed by atoms with van der Waals surface area (Å²) in [6.07, 6.45) is 5.75. The Morgan fingerprint density at radius 2 is 2.40 bits per heavy atom. The van der Waals surface area contributed by atoms with Gasteiger partial charge in [-0.3, -0.25) is 0 Å². The third-order valence-electron chi connectivity index (χ3n) is 1.94. The topological polar surface area (TPSA) is 53.4 Å². The molecule has 0 aliphatic carbocycles. The van der Waals surface area contributed by atoms with E-state index in [1.54, 1.807) is 12.1 Å². The maximum absolute atomic E-state index is 10.7. The second-order valence-electron chi connectivity index (χ2n) is 3.06. The first-order valence-electron chi connectivity index (χ1n) is 4.50. The lowest BCUT2D eigenvalue weighted by molar-refractivity contribution is 0.0690. The Labute approximate surface area is 88.6 Å². The van der Waals surface area contributed by atoms with Crippen molar-refractivity contribution in [1.82, 2.24) is 4.98 Å². The number of aromatic carboxylic acids is 1. The van der Waals surface area contributed by atoms with Gasteiger partial charge in [-0.25, -0.2) is 9.78 Å². The molecule has 0 saturated heterocycles. The number of carbonyl (C=O) groups is 1. The fourth-order valence-electron chi connectivity index (χ4n) is 1.10. The second-order valence-corrected chi connectivity index (χ2v) is 3.06. The molecule has 0 saturated carbocycles. The lowest BCUT2D eigenvalue weighted by Gasteiger charge is -2.16. The lowest BCUT2D eigenvalue weighted by atomic mass is 10.3. The van der Waals surface area contributed by atoms with E-state index in [1.165, 1.54) is 6.07 Å². The molecule has 0 bridgehead atoms. The summed E-state index contributed by atoms with van der Waals surface area (Å²) < 4.78 is 0. The minimum atomic E-state index is -1.03. The first-order valence-corrected chi connectivity index (χ1v) is 4.50. The van der Waals surface area contributed by atoms with E-state index in [0.29, 0.717) is 18.8 Å². The van der Waals surface area contributed by atoms with Gasteiger partial charge in [-0.1, -0.05) is 6.07 Å². The lowest BCUT2D eigenvalue weighted by Crippen LogP contribution is -2.20. The number of nitrogens with zero attached hydrogens (tertiary/aromatic N) is 2. The number of rotatable bonds is 4. The second kappa shape index (κ2) is 5.01. The van der Waals surface area contributed by atoms with Crippen LogP contribution in [0, 0.1) is 12.3 Å². The highest BCUT2D eigenvalue weighted by atomic mass is 16.4. The van der Waals surface area contributed by atoms with Gasteiger partial charge in [-0.15, -0.1) is 12.3 Å². The molecule has 0 amide bonds. The van der Waals surface area contributed by atoms with Gasteiger partial charge in [0, 0.05) is 20.0 Å². The summed E-state index contributed by atoms with van der Waals surface area (Å²) in [7, 11) is 1.82. The minimum Gasteiger partial charge on any atom is -0.477 e. The van der Waals surface area contributed by atoms with Crippen molar-refractivity contribution in [3.8, 4) is 12.3 Å². The monoisotopic (exact) mass is 204 g/mol. The number of terminal acetylenes is 1. The molecule has 0 aliphatic rings. The molecule has 0 fully saturated rings. The third kappa shape index (κ3) is 2.99. The van der Waals surface area contributed by atoms with Gasteiger partial charge >= 0.3 is 5.97 Å². The number of carboxylic acid groups (broad SMARTS) is 1. The normalized spacial score (nSPS) is 9.33. The van der Waals surface area contributed by atoms with Crippen molar-refractivity contribution in [3.05, 3.63) is 23.9 Å². The smallest absolute Gasteiger partial charge is 0.354 e. The Kier molecular flexibility index (Phi) is 3.69. The molecule has 78 valence electrons. The predicted octanol–water partition coefficient (Wildman–Crippen LogP) is 1.24. The minimum absolute atomic E-state index is 0.0417. The zero-order valence-electron chi connectivity index (χ0n) is 8.47. The summed E-state index contributed by atoms with van der Waals surface area (Å²) in [5.74, 6) is 2.11. The number of carboxylic acids is 1. The molecule has 0 aromatic carbocycles. The van der Waals surface area contributed by atoms with E-state index in [2.05, 4.69) is 10.9 Å². The van der Waals surface area contributed by atoms with Crippen molar-refractivity contribution < 1.29 is 9.90 Å². The number of aromatic nitrogens is 1. The van der Waals surface area contributed by atoms with Gasteiger partial charge in [0.2, 0.25) is 0 Å². The molecule has 1 rings (SSSR count). The summed E-state index contributed by atoms with van der Waals surface area (Å²) in [5.41, 5.74) is 0.0417. The highest BCUT2D eigenvalue weighted by Gasteiger charge is 2.07. The van der Waals surface area contributed by atoms with Gasteiger partial charge in [0.25, 0.3) is 0 Å². The first-order chi connectivity index (χ1) is 7.15. The zero-order chi connectivity index (χ0) is 11.3. The molecular formula is C11H12N2O2. The average Bonchev–Trinajstić information content (AvgIpc) is 2.26. The van der Waals surface area contributed by atoms with Crippen molar-refractivity contribution in [2.24, 2.45) is 0 Å². The Morgan fingerprint density at radius 1 is 1.67 bits per heavy atom. The molecule has 1 N–H and O–H groups in total. The van der Waals surface area contributed by atoms with Gasteiger partial charge in [0.05, 0.1) is 0 Å². The maximum Gasteiger partial charge on any atom is 0.354 e. The van der Waals surface area contributed by atoms with Crippen LogP contribution in [0.5, 0.6) is 0 Å². The molecule has 0 aliphatic heterocycles. The van der Waals surface area contributed by atoms with Crippen LogP contribution >= 0.6 is 0 Å². The van der Waals surface area contributed by atoms with Gasteiger partial charge in [-0.2, -0.15) is 0 Å². The van der Waals surface area contributed by atoms with Crippen LogP contribution in [-0.4, -0.2) is 29.7 Å². The van der Waals surface area contributed by atoms with Gasteiger partial charge in [-0.05, 0) is 12.1 Å². The standard InChI is InChI=1S/C11H12N2O2/c1-3-4-8-13(2)10-7-5-6-9(12-10)11(14)15/h1,5-7H,4,8H2,2H3,(H,14,15). The Hall–Kier alpha value is -2.02. The highest BCUT2D eigenvalue weighted by Crippen LogP contribution is 2.09. The van der Waals surface area contributed by atoms with E-state index in [1.807, 2.05) is 11.9 Å². The van der Waals surface area contributed by atoms with Crippen molar-refractivity contribution in [2.75, 3.05) is 18.5 Å². The van der Waals surface area contributed by atoms with Gasteiger partial charge in [0.15, 0.2) is 5.69 Å². The first kappa shape index (κ1) is 11.1. The Balaban J connectivity index is 2.81. The third-order valence-corrected chi connectivity index (χ3v) is 1.94. The molecule has 4 heteroatoms. The van der Waals surface area contributed by atoms with Crippen molar-refractivity contribution in [3.63, 3.8) is 0 Å². The van der Waals surface area contributed by atoms with Gasteiger partial charge in [0.1, 0.15) is 5.82 Å². The van der Waals surface area contributed by atoms with E-state index in [-0.39, 0.29) is 5.69 Å².